The van der Waals surface area contributed by atoms with Crippen molar-refractivity contribution in [2.75, 3.05) is 26.7 Å². The topological polar surface area (TPSA) is 74.6 Å². The first-order valence-corrected chi connectivity index (χ1v) is 8.81. The van der Waals surface area contributed by atoms with E-state index in [0.29, 0.717) is 18.2 Å². The number of likely N-dealkylation sites (tertiary alicyclic amines) is 1. The van der Waals surface area contributed by atoms with Gasteiger partial charge in [0.2, 0.25) is 10.0 Å². The fraction of sp³-hybridized carbons (Fsp3) is 0.714. The molecular formula is C14H25N3O3S. The van der Waals surface area contributed by atoms with Gasteiger partial charge in [-0.2, -0.15) is 0 Å². The maximum Gasteiger partial charge on any atom is 0.242 e. The molecule has 1 fully saturated rings. The molecule has 1 saturated heterocycles. The van der Waals surface area contributed by atoms with Crippen LogP contribution >= 0.6 is 0 Å². The van der Waals surface area contributed by atoms with Crippen molar-refractivity contribution in [3.8, 4) is 0 Å². The summed E-state index contributed by atoms with van der Waals surface area (Å²) in [5, 5.41) is 9.34. The second-order valence-electron chi connectivity index (χ2n) is 6.10. The molecule has 120 valence electrons. The van der Waals surface area contributed by atoms with Gasteiger partial charge in [0.15, 0.2) is 0 Å². The van der Waals surface area contributed by atoms with Crippen LogP contribution in [0.5, 0.6) is 0 Å². The van der Waals surface area contributed by atoms with Crippen LogP contribution in [-0.4, -0.2) is 49.7 Å². The molecule has 1 aliphatic rings. The fourth-order valence-electron chi connectivity index (χ4n) is 2.75. The van der Waals surface area contributed by atoms with Crippen molar-refractivity contribution < 1.29 is 13.5 Å². The SMILES string of the molecule is CC(C)n1cc(S(=O)(=O)NCC2CCN(C)C2)cc1CO. The molecule has 21 heavy (non-hydrogen) atoms. The van der Waals surface area contributed by atoms with E-state index in [1.165, 1.54) is 0 Å². The van der Waals surface area contributed by atoms with Crippen molar-refractivity contribution in [3.05, 3.63) is 18.0 Å². The van der Waals surface area contributed by atoms with E-state index in [-0.39, 0.29) is 17.5 Å². The lowest BCUT2D eigenvalue weighted by atomic mass is 10.1. The minimum atomic E-state index is -3.51. The van der Waals surface area contributed by atoms with Gasteiger partial charge in [-0.1, -0.05) is 0 Å². The third-order valence-corrected chi connectivity index (χ3v) is 5.38. The smallest absolute Gasteiger partial charge is 0.242 e. The average Bonchev–Trinajstić information content (AvgIpc) is 3.02. The number of sulfonamides is 1. The van der Waals surface area contributed by atoms with E-state index >= 15 is 0 Å². The Kier molecular flexibility index (Phi) is 5.08. The van der Waals surface area contributed by atoms with Crippen molar-refractivity contribution in [3.63, 3.8) is 0 Å². The van der Waals surface area contributed by atoms with E-state index in [1.807, 2.05) is 20.9 Å². The van der Waals surface area contributed by atoms with Gasteiger partial charge in [-0.3, -0.25) is 0 Å². The van der Waals surface area contributed by atoms with E-state index < -0.39 is 10.0 Å². The number of nitrogens with zero attached hydrogens (tertiary/aromatic N) is 2. The number of hydrogen-bond acceptors (Lipinski definition) is 4. The van der Waals surface area contributed by atoms with E-state index in [9.17, 15) is 13.5 Å². The monoisotopic (exact) mass is 315 g/mol. The molecule has 7 heteroatoms. The molecule has 0 amide bonds. The highest BCUT2D eigenvalue weighted by molar-refractivity contribution is 7.89. The average molecular weight is 315 g/mol. The lowest BCUT2D eigenvalue weighted by Crippen LogP contribution is -2.30. The van der Waals surface area contributed by atoms with E-state index in [0.717, 1.165) is 19.5 Å². The first-order valence-electron chi connectivity index (χ1n) is 7.33. The van der Waals surface area contributed by atoms with Crippen molar-refractivity contribution in [1.82, 2.24) is 14.2 Å². The molecule has 1 atom stereocenters. The van der Waals surface area contributed by atoms with E-state index in [1.54, 1.807) is 16.8 Å². The largest absolute Gasteiger partial charge is 0.390 e. The molecule has 0 bridgehead atoms. The first-order chi connectivity index (χ1) is 9.83. The molecule has 2 N–H and O–H groups in total. The van der Waals surface area contributed by atoms with Crippen LogP contribution in [0.1, 0.15) is 32.0 Å². The molecular weight excluding hydrogens is 290 g/mol. The molecule has 2 heterocycles. The molecule has 0 radical (unpaired) electrons. The maximum atomic E-state index is 12.4. The van der Waals surface area contributed by atoms with Crippen molar-refractivity contribution in [1.29, 1.82) is 0 Å². The molecule has 2 rings (SSSR count). The summed E-state index contributed by atoms with van der Waals surface area (Å²) in [6, 6.07) is 1.66. The highest BCUT2D eigenvalue weighted by atomic mass is 32.2. The maximum absolute atomic E-state index is 12.4. The minimum absolute atomic E-state index is 0.111. The van der Waals surface area contributed by atoms with Gasteiger partial charge in [0.1, 0.15) is 0 Å². The second-order valence-corrected chi connectivity index (χ2v) is 7.86. The fourth-order valence-corrected chi connectivity index (χ4v) is 3.92. The summed E-state index contributed by atoms with van der Waals surface area (Å²) in [6.45, 7) is 6.16. The molecule has 6 nitrogen and oxygen atoms in total. The Balaban J connectivity index is 2.08. The third-order valence-electron chi connectivity index (χ3n) is 3.99. The predicted octanol–water partition coefficient (Wildman–Crippen LogP) is 0.791. The lowest BCUT2D eigenvalue weighted by molar-refractivity contribution is 0.268. The highest BCUT2D eigenvalue weighted by Crippen LogP contribution is 2.20. The van der Waals surface area contributed by atoms with Gasteiger partial charge in [-0.05, 0) is 45.8 Å². The molecule has 1 aliphatic heterocycles. The van der Waals surface area contributed by atoms with E-state index in [4.69, 9.17) is 0 Å². The summed E-state index contributed by atoms with van der Waals surface area (Å²) in [4.78, 5) is 2.43. The Labute approximate surface area is 126 Å². The number of aliphatic hydroxyl groups is 1. The van der Waals surface area contributed by atoms with Crippen LogP contribution in [0.3, 0.4) is 0 Å². The normalized spacial score (nSPS) is 20.5. The van der Waals surface area contributed by atoms with Gasteiger partial charge in [-0.15, -0.1) is 0 Å². The summed E-state index contributed by atoms with van der Waals surface area (Å²) in [5.74, 6) is 0.370. The summed E-state index contributed by atoms with van der Waals surface area (Å²) in [7, 11) is -1.46. The zero-order chi connectivity index (χ0) is 15.6. The summed E-state index contributed by atoms with van der Waals surface area (Å²) >= 11 is 0. The standard InChI is InChI=1S/C14H25N3O3S/c1-11(2)17-9-14(6-13(17)10-18)21(19,20)15-7-12-4-5-16(3)8-12/h6,9,11-12,15,18H,4-5,7-8,10H2,1-3H3. The van der Waals surface area contributed by atoms with Gasteiger partial charge in [-0.25, -0.2) is 13.1 Å². The van der Waals surface area contributed by atoms with Crippen molar-refractivity contribution >= 4 is 10.0 Å². The van der Waals surface area contributed by atoms with E-state index in [2.05, 4.69) is 9.62 Å². The number of hydrogen-bond donors (Lipinski definition) is 2. The van der Waals surface area contributed by atoms with Crippen LogP contribution in [0, 0.1) is 5.92 Å². The van der Waals surface area contributed by atoms with Crippen LogP contribution in [0.4, 0.5) is 0 Å². The van der Waals surface area contributed by atoms with Crippen LogP contribution in [0.25, 0.3) is 0 Å². The van der Waals surface area contributed by atoms with Gasteiger partial charge in [0.25, 0.3) is 0 Å². The summed E-state index contributed by atoms with van der Waals surface area (Å²) < 4.78 is 29.2. The summed E-state index contributed by atoms with van der Waals surface area (Å²) in [5.41, 5.74) is 0.617. The predicted molar refractivity (Wildman–Crippen MR) is 81.5 cm³/mol. The highest BCUT2D eigenvalue weighted by Gasteiger charge is 2.24. The van der Waals surface area contributed by atoms with Crippen molar-refractivity contribution in [2.24, 2.45) is 5.92 Å². The van der Waals surface area contributed by atoms with Crippen LogP contribution in [0.2, 0.25) is 0 Å². The summed E-state index contributed by atoms with van der Waals surface area (Å²) in [6.07, 6.45) is 2.62. The molecule has 0 aromatic carbocycles. The number of aliphatic hydroxyl groups excluding tert-OH is 1. The molecule has 1 unspecified atom stereocenters. The lowest BCUT2D eigenvalue weighted by Gasteiger charge is -2.12. The van der Waals surface area contributed by atoms with Gasteiger partial charge >= 0.3 is 0 Å². The van der Waals surface area contributed by atoms with Gasteiger partial charge < -0.3 is 14.6 Å². The molecule has 0 spiro atoms. The molecule has 0 aliphatic carbocycles. The Morgan fingerprint density at radius 1 is 1.48 bits per heavy atom. The number of rotatable bonds is 6. The third kappa shape index (κ3) is 3.85. The molecule has 1 aromatic heterocycles. The zero-order valence-electron chi connectivity index (χ0n) is 12.9. The van der Waals surface area contributed by atoms with Gasteiger partial charge in [0.05, 0.1) is 11.5 Å². The zero-order valence-corrected chi connectivity index (χ0v) is 13.7. The van der Waals surface area contributed by atoms with Crippen LogP contribution < -0.4 is 4.72 Å². The molecule has 0 saturated carbocycles. The Morgan fingerprint density at radius 3 is 2.67 bits per heavy atom. The number of nitrogens with one attached hydrogen (secondary N) is 1. The Bertz CT molecular complexity index is 580. The van der Waals surface area contributed by atoms with Crippen molar-refractivity contribution in [2.45, 2.75) is 37.8 Å². The number of aromatic nitrogens is 1. The van der Waals surface area contributed by atoms with Gasteiger partial charge in [0, 0.05) is 31.0 Å². The second kappa shape index (κ2) is 6.48. The Morgan fingerprint density at radius 2 is 2.19 bits per heavy atom. The molecule has 1 aromatic rings. The van der Waals surface area contributed by atoms with Crippen LogP contribution in [0.15, 0.2) is 17.2 Å². The minimum Gasteiger partial charge on any atom is -0.390 e. The quantitative estimate of drug-likeness (QED) is 0.814. The Hall–Kier alpha value is -0.890. The van der Waals surface area contributed by atoms with Crippen LogP contribution in [-0.2, 0) is 16.6 Å². The first kappa shape index (κ1) is 16.5.